The lowest BCUT2D eigenvalue weighted by Crippen LogP contribution is -2.40. The van der Waals surface area contributed by atoms with E-state index in [1.807, 2.05) is 6.92 Å². The Morgan fingerprint density at radius 1 is 1.30 bits per heavy atom. The molecule has 0 amide bonds. The number of nitrogens with two attached hydrogens (primary N) is 1. The van der Waals surface area contributed by atoms with Crippen LogP contribution in [-0.2, 0) is 0 Å². The Hall–Kier alpha value is -0.900. The minimum absolute atomic E-state index is 0.0832. The molecule has 3 atom stereocenters. The van der Waals surface area contributed by atoms with Crippen LogP contribution in [0.2, 0.25) is 0 Å². The van der Waals surface area contributed by atoms with Crippen molar-refractivity contribution in [1.29, 1.82) is 0 Å². The van der Waals surface area contributed by atoms with E-state index in [1.165, 1.54) is 11.1 Å². The summed E-state index contributed by atoms with van der Waals surface area (Å²) in [6.07, 6.45) is 2.73. The Balaban J connectivity index is 2.21. The molecular weight excluding hydrogens is 248 g/mol. The zero-order valence-electron chi connectivity index (χ0n) is 13.0. The van der Waals surface area contributed by atoms with E-state index in [-0.39, 0.29) is 12.1 Å². The second-order valence-corrected chi connectivity index (χ2v) is 6.60. The number of likely N-dealkylation sites (tertiary alicyclic amines) is 1. The zero-order chi connectivity index (χ0) is 14.8. The highest BCUT2D eigenvalue weighted by molar-refractivity contribution is 5.26. The Kier molecular flexibility index (Phi) is 4.84. The summed E-state index contributed by atoms with van der Waals surface area (Å²) in [5.41, 5.74) is 8.31. The van der Waals surface area contributed by atoms with Gasteiger partial charge in [0, 0.05) is 18.6 Å². The predicted molar refractivity (Wildman–Crippen MR) is 83.6 cm³/mol. The molecule has 3 heteroatoms. The third-order valence-electron chi connectivity index (χ3n) is 4.37. The molecule has 1 fully saturated rings. The van der Waals surface area contributed by atoms with E-state index in [1.54, 1.807) is 0 Å². The van der Waals surface area contributed by atoms with Gasteiger partial charge in [-0.15, -0.1) is 0 Å². The topological polar surface area (TPSA) is 49.5 Å². The Bertz CT molecular complexity index is 442. The highest BCUT2D eigenvalue weighted by Crippen LogP contribution is 2.29. The minimum Gasteiger partial charge on any atom is -0.390 e. The molecule has 3 N–H and O–H groups in total. The molecule has 1 aliphatic rings. The van der Waals surface area contributed by atoms with Crippen LogP contribution in [0.15, 0.2) is 24.3 Å². The van der Waals surface area contributed by atoms with Crippen LogP contribution in [0, 0.1) is 6.92 Å². The van der Waals surface area contributed by atoms with Crippen LogP contribution in [0.1, 0.15) is 50.3 Å². The molecule has 0 aliphatic carbocycles. The van der Waals surface area contributed by atoms with E-state index in [0.29, 0.717) is 0 Å². The van der Waals surface area contributed by atoms with Crippen molar-refractivity contribution in [3.05, 3.63) is 35.4 Å². The first-order valence-corrected chi connectivity index (χ1v) is 7.68. The molecule has 0 saturated carbocycles. The Labute approximate surface area is 122 Å². The van der Waals surface area contributed by atoms with Crippen LogP contribution in [-0.4, -0.2) is 34.7 Å². The second-order valence-electron chi connectivity index (χ2n) is 6.60. The van der Waals surface area contributed by atoms with Gasteiger partial charge in [-0.3, -0.25) is 4.90 Å². The molecule has 20 heavy (non-hydrogen) atoms. The minimum atomic E-state index is -0.524. The van der Waals surface area contributed by atoms with E-state index in [0.717, 1.165) is 32.4 Å². The molecule has 1 heterocycles. The van der Waals surface area contributed by atoms with E-state index >= 15 is 0 Å². The predicted octanol–water partition coefficient (Wildman–Crippen LogP) is 2.62. The van der Waals surface area contributed by atoms with Crippen molar-refractivity contribution in [2.45, 2.75) is 57.7 Å². The molecule has 0 radical (unpaired) electrons. The number of hydrogen-bond acceptors (Lipinski definition) is 3. The van der Waals surface area contributed by atoms with Crippen molar-refractivity contribution in [1.82, 2.24) is 4.90 Å². The first-order chi connectivity index (χ1) is 9.39. The van der Waals surface area contributed by atoms with Gasteiger partial charge in [0.15, 0.2) is 0 Å². The van der Waals surface area contributed by atoms with Crippen LogP contribution in [0.5, 0.6) is 0 Å². The van der Waals surface area contributed by atoms with E-state index in [9.17, 15) is 5.11 Å². The maximum Gasteiger partial charge on any atom is 0.0632 e. The number of aryl methyl sites for hydroxylation is 1. The highest BCUT2D eigenvalue weighted by Gasteiger charge is 2.30. The fraction of sp³-hybridized carbons (Fsp3) is 0.647. The molecule has 0 aromatic heterocycles. The second kappa shape index (κ2) is 6.25. The molecule has 3 unspecified atom stereocenters. The maximum absolute atomic E-state index is 10.2. The normalized spacial score (nSPS) is 27.9. The zero-order valence-corrected chi connectivity index (χ0v) is 13.0. The smallest absolute Gasteiger partial charge is 0.0632 e. The summed E-state index contributed by atoms with van der Waals surface area (Å²) in [5.74, 6) is 0. The van der Waals surface area contributed by atoms with Crippen molar-refractivity contribution >= 4 is 0 Å². The summed E-state index contributed by atoms with van der Waals surface area (Å²) >= 11 is 0. The van der Waals surface area contributed by atoms with Gasteiger partial charge < -0.3 is 10.8 Å². The third-order valence-corrected chi connectivity index (χ3v) is 4.37. The van der Waals surface area contributed by atoms with Crippen molar-refractivity contribution in [2.75, 3.05) is 13.1 Å². The number of nitrogens with zero attached hydrogens (tertiary/aromatic N) is 1. The first-order valence-electron chi connectivity index (χ1n) is 7.68. The third kappa shape index (κ3) is 3.81. The summed E-state index contributed by atoms with van der Waals surface area (Å²) in [4.78, 5) is 2.45. The van der Waals surface area contributed by atoms with Crippen molar-refractivity contribution in [3.8, 4) is 0 Å². The maximum atomic E-state index is 10.2. The van der Waals surface area contributed by atoms with Gasteiger partial charge in [-0.05, 0) is 52.1 Å². The number of hydrogen-bond donors (Lipinski definition) is 2. The largest absolute Gasteiger partial charge is 0.390 e. The number of aliphatic hydroxyl groups is 1. The molecule has 3 nitrogen and oxygen atoms in total. The van der Waals surface area contributed by atoms with Crippen molar-refractivity contribution < 1.29 is 5.11 Å². The molecule has 1 saturated heterocycles. The lowest BCUT2D eigenvalue weighted by atomic mass is 9.96. The van der Waals surface area contributed by atoms with E-state index in [2.05, 4.69) is 43.0 Å². The Morgan fingerprint density at radius 3 is 2.70 bits per heavy atom. The SMILES string of the molecule is Cc1cccc(C(C(C)N)N2CCCC(C)(O)CC2)c1. The average molecular weight is 276 g/mol. The highest BCUT2D eigenvalue weighted by atomic mass is 16.3. The molecule has 1 aromatic rings. The molecule has 1 aromatic carbocycles. The van der Waals surface area contributed by atoms with Crippen LogP contribution >= 0.6 is 0 Å². The molecular formula is C17H28N2O. The summed E-state index contributed by atoms with van der Waals surface area (Å²) < 4.78 is 0. The van der Waals surface area contributed by atoms with Crippen molar-refractivity contribution in [3.63, 3.8) is 0 Å². The molecule has 0 bridgehead atoms. The van der Waals surface area contributed by atoms with Gasteiger partial charge >= 0.3 is 0 Å². The monoisotopic (exact) mass is 276 g/mol. The summed E-state index contributed by atoms with van der Waals surface area (Å²) in [6.45, 7) is 8.07. The van der Waals surface area contributed by atoms with E-state index < -0.39 is 5.60 Å². The molecule has 0 spiro atoms. The standard InChI is InChI=1S/C17H28N2O/c1-13-6-4-7-15(12-13)16(14(2)18)19-10-5-8-17(3,20)9-11-19/h4,6-7,12,14,16,20H,5,8-11,18H2,1-3H3. The lowest BCUT2D eigenvalue weighted by molar-refractivity contribution is 0.0424. The van der Waals surface area contributed by atoms with Gasteiger partial charge in [-0.2, -0.15) is 0 Å². The average Bonchev–Trinajstić information content (AvgIpc) is 2.51. The van der Waals surface area contributed by atoms with Gasteiger partial charge in [0.05, 0.1) is 5.60 Å². The molecule has 112 valence electrons. The van der Waals surface area contributed by atoms with Gasteiger partial charge in [0.25, 0.3) is 0 Å². The van der Waals surface area contributed by atoms with Gasteiger partial charge in [-0.25, -0.2) is 0 Å². The quantitative estimate of drug-likeness (QED) is 0.892. The van der Waals surface area contributed by atoms with Gasteiger partial charge in [0.1, 0.15) is 0 Å². The van der Waals surface area contributed by atoms with Gasteiger partial charge in [-0.1, -0.05) is 29.8 Å². The Morgan fingerprint density at radius 2 is 2.05 bits per heavy atom. The van der Waals surface area contributed by atoms with Gasteiger partial charge in [0.2, 0.25) is 0 Å². The van der Waals surface area contributed by atoms with E-state index in [4.69, 9.17) is 5.73 Å². The summed E-state index contributed by atoms with van der Waals surface area (Å²) in [7, 11) is 0. The van der Waals surface area contributed by atoms with Crippen LogP contribution in [0.3, 0.4) is 0 Å². The van der Waals surface area contributed by atoms with Crippen LogP contribution < -0.4 is 5.73 Å². The number of rotatable bonds is 3. The van der Waals surface area contributed by atoms with Crippen LogP contribution in [0.4, 0.5) is 0 Å². The number of benzene rings is 1. The fourth-order valence-corrected chi connectivity index (χ4v) is 3.26. The summed E-state index contributed by atoms with van der Waals surface area (Å²) in [5, 5.41) is 10.2. The fourth-order valence-electron chi connectivity index (χ4n) is 3.26. The molecule has 1 aliphatic heterocycles. The lowest BCUT2D eigenvalue weighted by Gasteiger charge is -2.34. The van der Waals surface area contributed by atoms with Crippen LogP contribution in [0.25, 0.3) is 0 Å². The summed E-state index contributed by atoms with van der Waals surface area (Å²) in [6, 6.07) is 8.95. The first kappa shape index (κ1) is 15.5. The van der Waals surface area contributed by atoms with Crippen molar-refractivity contribution in [2.24, 2.45) is 5.73 Å². The molecule has 2 rings (SSSR count).